The van der Waals surface area contributed by atoms with Gasteiger partial charge in [0.15, 0.2) is 11.5 Å². The van der Waals surface area contributed by atoms with E-state index < -0.39 is 28.4 Å². The molecule has 0 radical (unpaired) electrons. The van der Waals surface area contributed by atoms with Gasteiger partial charge in [-0.1, -0.05) is 12.1 Å². The van der Waals surface area contributed by atoms with Gasteiger partial charge in [-0.25, -0.2) is 18.4 Å². The predicted molar refractivity (Wildman–Crippen MR) is 95.7 cm³/mol. The van der Waals surface area contributed by atoms with Crippen LogP contribution in [0.15, 0.2) is 47.4 Å². The molecule has 0 fully saturated rings. The summed E-state index contributed by atoms with van der Waals surface area (Å²) >= 11 is 0. The van der Waals surface area contributed by atoms with Crippen LogP contribution in [0.3, 0.4) is 0 Å². The molecule has 3 N–H and O–H groups in total. The number of hydrogen-bond acceptors (Lipinski definition) is 5. The number of nitrogens with zero attached hydrogens (tertiary/aromatic N) is 1. The Morgan fingerprint density at radius 1 is 1.14 bits per heavy atom. The average Bonchev–Trinajstić information content (AvgIpc) is 2.92. The first-order chi connectivity index (χ1) is 13.0. The first kappa shape index (κ1) is 19.8. The molecule has 150 valence electrons. The Bertz CT molecular complexity index is 1010. The minimum Gasteiger partial charge on any atom is -0.395 e. The summed E-state index contributed by atoms with van der Waals surface area (Å²) in [6.07, 6.45) is -3.74. The van der Waals surface area contributed by atoms with Crippen molar-refractivity contribution < 1.29 is 31.5 Å². The fourth-order valence-electron chi connectivity index (χ4n) is 2.57. The largest absolute Gasteiger partial charge is 0.586 e. The Kier molecular flexibility index (Phi) is 4.90. The summed E-state index contributed by atoms with van der Waals surface area (Å²) < 4.78 is 57.4. The highest BCUT2D eigenvalue weighted by Gasteiger charge is 2.43. The first-order valence-corrected chi connectivity index (χ1v) is 9.57. The Labute approximate surface area is 159 Å². The maximum atomic E-state index is 13.1. The third kappa shape index (κ3) is 4.15. The molecule has 0 bridgehead atoms. The van der Waals surface area contributed by atoms with Gasteiger partial charge < -0.3 is 19.7 Å². The Morgan fingerprint density at radius 3 is 2.36 bits per heavy atom. The highest BCUT2D eigenvalue weighted by molar-refractivity contribution is 7.89. The van der Waals surface area contributed by atoms with Crippen LogP contribution in [0.4, 0.5) is 19.3 Å². The number of anilines is 1. The zero-order valence-corrected chi connectivity index (χ0v) is 15.7. The molecule has 0 aromatic heterocycles. The van der Waals surface area contributed by atoms with Gasteiger partial charge in [0.1, 0.15) is 0 Å². The number of ether oxygens (including phenoxy) is 2. The highest BCUT2D eigenvalue weighted by Crippen LogP contribution is 2.42. The number of fused-ring (bicyclic) bond motifs is 1. The van der Waals surface area contributed by atoms with Crippen molar-refractivity contribution in [1.82, 2.24) is 4.90 Å². The van der Waals surface area contributed by atoms with E-state index in [-0.39, 0.29) is 22.1 Å². The first-order valence-electron chi connectivity index (χ1n) is 8.03. The molecule has 28 heavy (non-hydrogen) atoms. The van der Waals surface area contributed by atoms with Crippen LogP contribution in [0.25, 0.3) is 0 Å². The minimum absolute atomic E-state index is 0.0345. The lowest BCUT2D eigenvalue weighted by atomic mass is 10.1. The van der Waals surface area contributed by atoms with Crippen LogP contribution in [-0.4, -0.2) is 32.7 Å². The van der Waals surface area contributed by atoms with Gasteiger partial charge in [-0.3, -0.25) is 0 Å². The zero-order chi connectivity index (χ0) is 20.7. The van der Waals surface area contributed by atoms with Crippen molar-refractivity contribution in [3.8, 4) is 11.5 Å². The minimum atomic E-state index is -3.80. The standard InChI is InChI=1S/C17H17F2N3O5S/c1-10(11-3-6-13(7-4-11)28(20,24)25)22(2)16(23)21-12-5-8-14-15(9-12)27-17(18,19)26-14/h3-10H,1-2H3,(H,21,23)(H2,20,24,25)/t10-/m0/s1. The number of rotatable bonds is 4. The molecule has 11 heteroatoms. The van der Waals surface area contributed by atoms with Gasteiger partial charge in [-0.15, -0.1) is 8.78 Å². The number of alkyl halides is 2. The highest BCUT2D eigenvalue weighted by atomic mass is 32.2. The fraction of sp³-hybridized carbons (Fsp3) is 0.235. The van der Waals surface area contributed by atoms with Gasteiger partial charge in [0.05, 0.1) is 10.9 Å². The molecule has 1 aliphatic rings. The van der Waals surface area contributed by atoms with Crippen LogP contribution in [0, 0.1) is 0 Å². The third-order valence-electron chi connectivity index (χ3n) is 4.24. The molecule has 2 amide bonds. The molecule has 8 nitrogen and oxygen atoms in total. The van der Waals surface area contributed by atoms with E-state index in [1.807, 2.05) is 0 Å². The lowest BCUT2D eigenvalue weighted by Crippen LogP contribution is -2.33. The molecule has 0 aliphatic carbocycles. The van der Waals surface area contributed by atoms with Crippen LogP contribution in [0.2, 0.25) is 0 Å². The normalized spacial score (nSPS) is 15.8. The second-order valence-corrected chi connectivity index (χ2v) is 7.72. The Hall–Kier alpha value is -2.92. The smallest absolute Gasteiger partial charge is 0.395 e. The van der Waals surface area contributed by atoms with Crippen molar-refractivity contribution in [1.29, 1.82) is 0 Å². The predicted octanol–water partition coefficient (Wildman–Crippen LogP) is 2.88. The van der Waals surface area contributed by atoms with Crippen molar-refractivity contribution in [2.24, 2.45) is 5.14 Å². The summed E-state index contributed by atoms with van der Waals surface area (Å²) in [5, 5.41) is 7.64. The molecule has 0 saturated carbocycles. The topological polar surface area (TPSA) is 111 Å². The van der Waals surface area contributed by atoms with E-state index in [0.717, 1.165) is 0 Å². The number of nitrogens with two attached hydrogens (primary N) is 1. The van der Waals surface area contributed by atoms with Crippen LogP contribution >= 0.6 is 0 Å². The number of primary sulfonamides is 1. The molecule has 0 spiro atoms. The summed E-state index contributed by atoms with van der Waals surface area (Å²) in [7, 11) is -2.27. The summed E-state index contributed by atoms with van der Waals surface area (Å²) in [5.41, 5.74) is 0.920. The molecule has 2 aromatic carbocycles. The molecule has 0 saturated heterocycles. The SMILES string of the molecule is C[C@@H](c1ccc(S(N)(=O)=O)cc1)N(C)C(=O)Nc1ccc2c(c1)OC(F)(F)O2. The van der Waals surface area contributed by atoms with Crippen LogP contribution in [0.1, 0.15) is 18.5 Å². The Morgan fingerprint density at radius 2 is 1.75 bits per heavy atom. The molecule has 2 aromatic rings. The van der Waals surface area contributed by atoms with E-state index in [9.17, 15) is 22.0 Å². The van der Waals surface area contributed by atoms with Crippen LogP contribution < -0.4 is 19.9 Å². The molecular weight excluding hydrogens is 396 g/mol. The third-order valence-corrected chi connectivity index (χ3v) is 5.17. The Balaban J connectivity index is 1.69. The number of benzene rings is 2. The van der Waals surface area contributed by atoms with E-state index in [1.54, 1.807) is 19.1 Å². The molecular formula is C17H17F2N3O5S. The summed E-state index contributed by atoms with van der Waals surface area (Å²) in [6.45, 7) is 1.74. The van der Waals surface area contributed by atoms with Gasteiger partial charge >= 0.3 is 12.3 Å². The summed E-state index contributed by atoms with van der Waals surface area (Å²) in [5.74, 6) is -0.309. The second-order valence-electron chi connectivity index (χ2n) is 6.16. The maximum Gasteiger partial charge on any atom is 0.586 e. The maximum absolute atomic E-state index is 13.1. The van der Waals surface area contributed by atoms with E-state index in [0.29, 0.717) is 5.56 Å². The van der Waals surface area contributed by atoms with Crippen molar-refractivity contribution in [2.45, 2.75) is 24.2 Å². The molecule has 3 rings (SSSR count). The van der Waals surface area contributed by atoms with E-state index in [4.69, 9.17) is 5.14 Å². The fourth-order valence-corrected chi connectivity index (χ4v) is 3.09. The number of amides is 2. The number of halogens is 2. The van der Waals surface area contributed by atoms with E-state index >= 15 is 0 Å². The molecule has 1 atom stereocenters. The lowest BCUT2D eigenvalue weighted by Gasteiger charge is -2.25. The van der Waals surface area contributed by atoms with Crippen LogP contribution in [0.5, 0.6) is 11.5 Å². The molecule has 0 unspecified atom stereocenters. The second kappa shape index (κ2) is 6.91. The lowest BCUT2D eigenvalue weighted by molar-refractivity contribution is -0.286. The van der Waals surface area contributed by atoms with E-state index in [2.05, 4.69) is 14.8 Å². The van der Waals surface area contributed by atoms with Gasteiger partial charge in [0.2, 0.25) is 10.0 Å². The van der Waals surface area contributed by atoms with Crippen LogP contribution in [-0.2, 0) is 10.0 Å². The van der Waals surface area contributed by atoms with Gasteiger partial charge in [0.25, 0.3) is 0 Å². The number of urea groups is 1. The van der Waals surface area contributed by atoms with Gasteiger partial charge in [-0.2, -0.15) is 0 Å². The molecule has 1 heterocycles. The zero-order valence-electron chi connectivity index (χ0n) is 14.8. The number of nitrogens with one attached hydrogen (secondary N) is 1. The monoisotopic (exact) mass is 413 g/mol. The number of carbonyl (C=O) groups excluding carboxylic acids is 1. The quantitative estimate of drug-likeness (QED) is 0.801. The van der Waals surface area contributed by atoms with Crippen molar-refractivity contribution in [3.63, 3.8) is 0 Å². The number of sulfonamides is 1. The molecule has 1 aliphatic heterocycles. The number of carbonyl (C=O) groups is 1. The van der Waals surface area contributed by atoms with Gasteiger partial charge in [-0.05, 0) is 36.8 Å². The van der Waals surface area contributed by atoms with E-state index in [1.165, 1.54) is 42.3 Å². The van der Waals surface area contributed by atoms with Crippen molar-refractivity contribution in [2.75, 3.05) is 12.4 Å². The summed E-state index contributed by atoms with van der Waals surface area (Å²) in [4.78, 5) is 13.8. The average molecular weight is 413 g/mol. The van der Waals surface area contributed by atoms with Crippen molar-refractivity contribution >= 4 is 21.7 Å². The van der Waals surface area contributed by atoms with Crippen molar-refractivity contribution in [3.05, 3.63) is 48.0 Å². The summed E-state index contributed by atoms with van der Waals surface area (Å²) in [6, 6.07) is 8.79. The number of hydrogen-bond donors (Lipinski definition) is 2. The van der Waals surface area contributed by atoms with Gasteiger partial charge in [0, 0.05) is 18.8 Å².